The van der Waals surface area contributed by atoms with Crippen molar-refractivity contribution in [3.63, 3.8) is 0 Å². The van der Waals surface area contributed by atoms with Crippen molar-refractivity contribution in [2.45, 2.75) is 38.5 Å². The number of aromatic nitrogens is 3. The van der Waals surface area contributed by atoms with Crippen molar-refractivity contribution in [3.8, 4) is 5.13 Å². The van der Waals surface area contributed by atoms with Gasteiger partial charge in [0.15, 0.2) is 0 Å². The lowest BCUT2D eigenvalue weighted by Crippen LogP contribution is -2.29. The molecule has 0 saturated carbocycles. The maximum atomic E-state index is 12.8. The van der Waals surface area contributed by atoms with E-state index in [1.54, 1.807) is 11.3 Å². The van der Waals surface area contributed by atoms with Gasteiger partial charge in [-0.15, -0.1) is 10.2 Å². The first kappa shape index (κ1) is 19.6. The fraction of sp³-hybridized carbons (Fsp3) is 0.409. The number of nitrogens with one attached hydrogen (secondary N) is 1. The van der Waals surface area contributed by atoms with E-state index in [0.717, 1.165) is 23.4 Å². The van der Waals surface area contributed by atoms with Gasteiger partial charge < -0.3 is 10.2 Å². The quantitative estimate of drug-likeness (QED) is 0.661. The Hall–Kier alpha value is -2.67. The van der Waals surface area contributed by atoms with Crippen LogP contribution in [0, 0.1) is 0 Å². The van der Waals surface area contributed by atoms with E-state index >= 15 is 0 Å². The van der Waals surface area contributed by atoms with E-state index in [4.69, 9.17) is 0 Å². The molecule has 2 aromatic heterocycles. The van der Waals surface area contributed by atoms with Crippen molar-refractivity contribution in [1.29, 1.82) is 0 Å². The lowest BCUT2D eigenvalue weighted by atomic mass is 10.0. The molecule has 0 radical (unpaired) electrons. The topological polar surface area (TPSA) is 63.1 Å². The third-order valence-electron chi connectivity index (χ3n) is 5.41. The molecule has 0 unspecified atom stereocenters. The summed E-state index contributed by atoms with van der Waals surface area (Å²) in [5, 5.41) is 13.5. The highest BCUT2D eigenvalue weighted by Crippen LogP contribution is 2.26. The van der Waals surface area contributed by atoms with Gasteiger partial charge in [0.05, 0.1) is 0 Å². The highest BCUT2D eigenvalue weighted by Gasteiger charge is 2.19. The molecule has 4 rings (SSSR count). The number of anilines is 1. The van der Waals surface area contributed by atoms with Crippen LogP contribution in [0.4, 0.5) is 5.13 Å². The van der Waals surface area contributed by atoms with E-state index in [2.05, 4.69) is 39.5 Å². The summed E-state index contributed by atoms with van der Waals surface area (Å²) in [6.45, 7) is 4.77. The molecule has 1 amide bonds. The van der Waals surface area contributed by atoms with Gasteiger partial charge in [0.2, 0.25) is 10.3 Å². The molecule has 0 spiro atoms. The smallest absolute Gasteiger partial charge is 0.268 e. The molecule has 7 heteroatoms. The number of carbonyl (C=O) groups excluding carboxylic acids is 1. The van der Waals surface area contributed by atoms with Crippen molar-refractivity contribution in [1.82, 2.24) is 20.1 Å². The second-order valence-corrected chi connectivity index (χ2v) is 8.49. The summed E-state index contributed by atoms with van der Waals surface area (Å²) in [5.74, 6) is 0.157. The van der Waals surface area contributed by atoms with Crippen molar-refractivity contribution >= 4 is 22.4 Å². The Morgan fingerprint density at radius 3 is 2.52 bits per heavy atom. The lowest BCUT2D eigenvalue weighted by molar-refractivity contribution is 0.0945. The first-order chi connectivity index (χ1) is 14.2. The number of carbonyl (C=O) groups is 1. The van der Waals surface area contributed by atoms with Crippen molar-refractivity contribution in [2.24, 2.45) is 0 Å². The first-order valence-electron chi connectivity index (χ1n) is 10.3. The molecule has 3 aromatic rings. The van der Waals surface area contributed by atoms with E-state index in [9.17, 15) is 4.79 Å². The van der Waals surface area contributed by atoms with Gasteiger partial charge in [0.25, 0.3) is 5.91 Å². The predicted octanol–water partition coefficient (Wildman–Crippen LogP) is 4.24. The molecule has 0 bridgehead atoms. The van der Waals surface area contributed by atoms with Crippen molar-refractivity contribution in [3.05, 3.63) is 59.9 Å². The molecular formula is C22H27N5OS. The molecule has 29 heavy (non-hydrogen) atoms. The van der Waals surface area contributed by atoms with E-state index in [1.807, 2.05) is 41.1 Å². The average Bonchev–Trinajstić information content (AvgIpc) is 3.36. The molecule has 0 aliphatic carbocycles. The third kappa shape index (κ3) is 4.67. The molecule has 152 valence electrons. The van der Waals surface area contributed by atoms with Gasteiger partial charge in [0, 0.05) is 25.8 Å². The number of rotatable bonds is 6. The van der Waals surface area contributed by atoms with Crippen LogP contribution in [0.2, 0.25) is 0 Å². The van der Waals surface area contributed by atoms with Gasteiger partial charge in [-0.3, -0.25) is 9.36 Å². The maximum Gasteiger partial charge on any atom is 0.268 e. The van der Waals surface area contributed by atoms with Gasteiger partial charge in [-0.2, -0.15) is 0 Å². The molecule has 1 aliphatic rings. The SMILES string of the molecule is C[C@H](CNC(=O)c1cccn1-c1nnc(N2CCCCCC2)s1)c1ccccc1. The number of hydrogen-bond acceptors (Lipinski definition) is 5. The Kier molecular flexibility index (Phi) is 6.24. The van der Waals surface area contributed by atoms with E-state index < -0.39 is 0 Å². The minimum absolute atomic E-state index is 0.0932. The van der Waals surface area contributed by atoms with Crippen LogP contribution in [0.5, 0.6) is 0 Å². The zero-order valence-electron chi connectivity index (χ0n) is 16.8. The van der Waals surface area contributed by atoms with E-state index in [0.29, 0.717) is 12.2 Å². The number of benzene rings is 1. The Bertz CT molecular complexity index is 928. The molecule has 1 aliphatic heterocycles. The Morgan fingerprint density at radius 1 is 1.03 bits per heavy atom. The largest absolute Gasteiger partial charge is 0.350 e. The summed E-state index contributed by atoms with van der Waals surface area (Å²) >= 11 is 1.55. The summed E-state index contributed by atoms with van der Waals surface area (Å²) < 4.78 is 1.83. The number of nitrogens with zero attached hydrogens (tertiary/aromatic N) is 4. The van der Waals surface area contributed by atoms with E-state index in [1.165, 1.54) is 31.2 Å². The van der Waals surface area contributed by atoms with Crippen LogP contribution in [0.25, 0.3) is 5.13 Å². The van der Waals surface area contributed by atoms with Gasteiger partial charge in [0.1, 0.15) is 5.69 Å². The summed E-state index contributed by atoms with van der Waals surface area (Å²) in [6, 6.07) is 13.9. The minimum atomic E-state index is -0.0932. The van der Waals surface area contributed by atoms with Crippen molar-refractivity contribution in [2.75, 3.05) is 24.5 Å². The Morgan fingerprint density at radius 2 is 1.76 bits per heavy atom. The molecule has 1 N–H and O–H groups in total. The van der Waals surface area contributed by atoms with Gasteiger partial charge in [-0.1, -0.05) is 61.4 Å². The van der Waals surface area contributed by atoms with Crippen LogP contribution < -0.4 is 10.2 Å². The number of amides is 1. The standard InChI is InChI=1S/C22H27N5OS/c1-17(18-10-5-4-6-11-18)16-23-20(28)19-12-9-15-27(19)22-25-24-21(29-22)26-13-7-2-3-8-14-26/h4-6,9-12,15,17H,2-3,7-8,13-14,16H2,1H3,(H,23,28)/t17-/m1/s1. The highest BCUT2D eigenvalue weighted by molar-refractivity contribution is 7.17. The van der Waals surface area contributed by atoms with Crippen LogP contribution in [0.1, 0.15) is 54.6 Å². The molecule has 1 atom stereocenters. The summed E-state index contributed by atoms with van der Waals surface area (Å²) in [6.07, 6.45) is 6.84. The van der Waals surface area contributed by atoms with Crippen LogP contribution in [0.15, 0.2) is 48.7 Å². The number of hydrogen-bond donors (Lipinski definition) is 1. The van der Waals surface area contributed by atoms with Gasteiger partial charge in [-0.25, -0.2) is 0 Å². The zero-order chi connectivity index (χ0) is 20.1. The summed E-state index contributed by atoms with van der Waals surface area (Å²) in [7, 11) is 0. The third-order valence-corrected chi connectivity index (χ3v) is 6.39. The van der Waals surface area contributed by atoms with Gasteiger partial charge in [-0.05, 0) is 36.5 Å². The predicted molar refractivity (Wildman–Crippen MR) is 117 cm³/mol. The zero-order valence-corrected chi connectivity index (χ0v) is 17.6. The molecular weight excluding hydrogens is 382 g/mol. The minimum Gasteiger partial charge on any atom is -0.350 e. The average molecular weight is 410 g/mol. The van der Waals surface area contributed by atoms with Gasteiger partial charge >= 0.3 is 0 Å². The molecule has 3 heterocycles. The molecule has 1 aromatic carbocycles. The molecule has 1 saturated heterocycles. The van der Waals surface area contributed by atoms with Crippen molar-refractivity contribution < 1.29 is 4.79 Å². The first-order valence-corrected chi connectivity index (χ1v) is 11.1. The lowest BCUT2D eigenvalue weighted by Gasteiger charge is -2.17. The second kappa shape index (κ2) is 9.22. The monoisotopic (exact) mass is 409 g/mol. The Balaban J connectivity index is 1.43. The van der Waals surface area contributed by atoms with Crippen LogP contribution in [-0.2, 0) is 0 Å². The fourth-order valence-corrected chi connectivity index (χ4v) is 4.56. The highest BCUT2D eigenvalue weighted by atomic mass is 32.1. The summed E-state index contributed by atoms with van der Waals surface area (Å²) in [4.78, 5) is 15.1. The maximum absolute atomic E-state index is 12.8. The fourth-order valence-electron chi connectivity index (χ4n) is 3.66. The van der Waals surface area contributed by atoms with Crippen LogP contribution in [0.3, 0.4) is 0 Å². The van der Waals surface area contributed by atoms with Crippen LogP contribution in [-0.4, -0.2) is 40.3 Å². The normalized spacial score (nSPS) is 15.7. The van der Waals surface area contributed by atoms with Crippen LogP contribution >= 0.6 is 11.3 Å². The Labute approximate surface area is 175 Å². The molecule has 1 fully saturated rings. The summed E-state index contributed by atoms with van der Waals surface area (Å²) in [5.41, 5.74) is 1.80. The molecule has 6 nitrogen and oxygen atoms in total. The second-order valence-electron chi connectivity index (χ2n) is 7.55. The van der Waals surface area contributed by atoms with E-state index in [-0.39, 0.29) is 11.8 Å².